The average molecular weight is 337 g/mol. The third-order valence-electron chi connectivity index (χ3n) is 2.39. The van der Waals surface area contributed by atoms with Crippen LogP contribution in [0.2, 0.25) is 20.1 Å². The van der Waals surface area contributed by atoms with Crippen LogP contribution in [-0.2, 0) is 0 Å². The van der Waals surface area contributed by atoms with Gasteiger partial charge in [0, 0.05) is 11.8 Å². The van der Waals surface area contributed by atoms with Gasteiger partial charge < -0.3 is 5.11 Å². The smallest absolute Gasteiger partial charge is 0.337 e. The second-order valence-electron chi connectivity index (χ2n) is 3.57. The Labute approximate surface area is 128 Å². The number of hydrogen-bond donors (Lipinski definition) is 1. The normalized spacial score (nSPS) is 10.5. The molecule has 1 aromatic heterocycles. The summed E-state index contributed by atoms with van der Waals surface area (Å²) in [7, 11) is 0. The van der Waals surface area contributed by atoms with Crippen LogP contribution < -0.4 is 0 Å². The summed E-state index contributed by atoms with van der Waals surface area (Å²) in [6.45, 7) is 0. The Morgan fingerprint density at radius 3 is 2.32 bits per heavy atom. The molecule has 1 aromatic carbocycles. The zero-order chi connectivity index (χ0) is 14.2. The van der Waals surface area contributed by atoms with E-state index in [1.807, 2.05) is 0 Å². The molecular weight excluding hydrogens is 332 g/mol. The van der Waals surface area contributed by atoms with Crippen LogP contribution in [0, 0.1) is 0 Å². The minimum Gasteiger partial charge on any atom is -0.478 e. The Balaban J connectivity index is 2.70. The highest BCUT2D eigenvalue weighted by Crippen LogP contribution is 2.38. The molecule has 1 N–H and O–H groups in total. The van der Waals surface area contributed by atoms with Gasteiger partial charge in [-0.05, 0) is 18.2 Å². The summed E-state index contributed by atoms with van der Waals surface area (Å²) in [5, 5.41) is 9.89. The van der Waals surface area contributed by atoms with Gasteiger partial charge in [0.1, 0.15) is 0 Å². The lowest BCUT2D eigenvalue weighted by Crippen LogP contribution is -1.99. The number of carboxylic acids is 1. The molecule has 0 saturated carbocycles. The lowest BCUT2D eigenvalue weighted by atomic mass is 10.1. The van der Waals surface area contributed by atoms with E-state index in [-0.39, 0.29) is 15.6 Å². The molecule has 2 aromatic rings. The van der Waals surface area contributed by atoms with Crippen LogP contribution in [-0.4, -0.2) is 16.1 Å². The number of rotatable bonds is 2. The van der Waals surface area contributed by atoms with Crippen LogP contribution in [0.15, 0.2) is 24.4 Å². The largest absolute Gasteiger partial charge is 0.478 e. The second kappa shape index (κ2) is 5.55. The summed E-state index contributed by atoms with van der Waals surface area (Å²) in [4.78, 5) is 15.1. The molecule has 19 heavy (non-hydrogen) atoms. The molecule has 7 heteroatoms. The van der Waals surface area contributed by atoms with E-state index in [9.17, 15) is 4.79 Å². The van der Waals surface area contributed by atoms with E-state index in [2.05, 4.69) is 4.98 Å². The average Bonchev–Trinajstić information content (AvgIpc) is 2.36. The van der Waals surface area contributed by atoms with Crippen LogP contribution in [0.1, 0.15) is 10.4 Å². The summed E-state index contributed by atoms with van der Waals surface area (Å²) in [5.74, 6) is -1.16. The summed E-state index contributed by atoms with van der Waals surface area (Å²) < 4.78 is 0. The highest BCUT2D eigenvalue weighted by atomic mass is 35.5. The van der Waals surface area contributed by atoms with Gasteiger partial charge in [-0.1, -0.05) is 46.4 Å². The second-order valence-corrected chi connectivity index (χ2v) is 5.17. The van der Waals surface area contributed by atoms with Gasteiger partial charge in [-0.2, -0.15) is 0 Å². The molecule has 1 heterocycles. The van der Waals surface area contributed by atoms with Crippen LogP contribution >= 0.6 is 46.4 Å². The number of aromatic nitrogens is 1. The summed E-state index contributed by atoms with van der Waals surface area (Å²) in [6, 6.07) is 4.40. The predicted octanol–water partition coefficient (Wildman–Crippen LogP) is 5.06. The minimum atomic E-state index is -1.16. The number of hydrogen-bond acceptors (Lipinski definition) is 2. The fourth-order valence-corrected chi connectivity index (χ4v) is 2.41. The molecule has 0 aliphatic carbocycles. The van der Waals surface area contributed by atoms with Gasteiger partial charge in [0.15, 0.2) is 0 Å². The van der Waals surface area contributed by atoms with Crippen molar-refractivity contribution in [2.75, 3.05) is 0 Å². The third kappa shape index (κ3) is 2.79. The molecule has 3 nitrogen and oxygen atoms in total. The molecule has 2 rings (SSSR count). The van der Waals surface area contributed by atoms with Crippen molar-refractivity contribution in [2.45, 2.75) is 0 Å². The van der Waals surface area contributed by atoms with Gasteiger partial charge in [-0.15, -0.1) is 0 Å². The quantitative estimate of drug-likeness (QED) is 0.780. The van der Waals surface area contributed by atoms with E-state index in [0.717, 1.165) is 0 Å². The number of carboxylic acid groups (broad SMARTS) is 1. The van der Waals surface area contributed by atoms with Gasteiger partial charge in [0.2, 0.25) is 0 Å². The fraction of sp³-hybridized carbons (Fsp3) is 0. The van der Waals surface area contributed by atoms with Crippen LogP contribution in [0.4, 0.5) is 0 Å². The molecular formula is C12H5Cl4NO2. The number of halogens is 4. The van der Waals surface area contributed by atoms with Gasteiger partial charge in [0.05, 0.1) is 31.3 Å². The van der Waals surface area contributed by atoms with E-state index in [1.165, 1.54) is 12.3 Å². The van der Waals surface area contributed by atoms with Crippen molar-refractivity contribution in [3.8, 4) is 11.3 Å². The number of benzene rings is 1. The molecule has 0 atom stereocenters. The van der Waals surface area contributed by atoms with Crippen molar-refractivity contribution in [1.29, 1.82) is 0 Å². The van der Waals surface area contributed by atoms with E-state index in [1.54, 1.807) is 12.1 Å². The topological polar surface area (TPSA) is 50.2 Å². The first-order valence-corrected chi connectivity index (χ1v) is 6.45. The van der Waals surface area contributed by atoms with Crippen molar-refractivity contribution in [1.82, 2.24) is 4.98 Å². The van der Waals surface area contributed by atoms with Crippen molar-refractivity contribution >= 4 is 52.4 Å². The number of pyridine rings is 1. The summed E-state index contributed by atoms with van der Waals surface area (Å²) in [5.41, 5.74) is 0.577. The first-order chi connectivity index (χ1) is 8.91. The summed E-state index contributed by atoms with van der Waals surface area (Å²) in [6.07, 6.45) is 1.23. The molecule has 0 bridgehead atoms. The van der Waals surface area contributed by atoms with E-state index >= 15 is 0 Å². The van der Waals surface area contributed by atoms with Crippen LogP contribution in [0.5, 0.6) is 0 Å². The van der Waals surface area contributed by atoms with E-state index in [4.69, 9.17) is 51.5 Å². The van der Waals surface area contributed by atoms with E-state index < -0.39 is 5.97 Å². The standard InChI is InChI=1S/C12H5Cl4NO2/c13-6-1-2-7(14)11(16)10(6)9-3-5(12(18)19)8(15)4-17-9/h1-4H,(H,18,19). The first kappa shape index (κ1) is 14.4. The monoisotopic (exact) mass is 335 g/mol. The van der Waals surface area contributed by atoms with Crippen LogP contribution in [0.25, 0.3) is 11.3 Å². The molecule has 0 fully saturated rings. The van der Waals surface area contributed by atoms with Crippen LogP contribution in [0.3, 0.4) is 0 Å². The van der Waals surface area contributed by atoms with Gasteiger partial charge in [0.25, 0.3) is 0 Å². The van der Waals surface area contributed by atoms with Gasteiger partial charge in [-0.3, -0.25) is 4.98 Å². The Kier molecular flexibility index (Phi) is 4.21. The Morgan fingerprint density at radius 2 is 1.68 bits per heavy atom. The molecule has 0 unspecified atom stereocenters. The van der Waals surface area contributed by atoms with Crippen molar-refractivity contribution in [2.24, 2.45) is 0 Å². The maximum Gasteiger partial charge on any atom is 0.337 e. The van der Waals surface area contributed by atoms with Crippen molar-refractivity contribution < 1.29 is 9.90 Å². The lowest BCUT2D eigenvalue weighted by molar-refractivity contribution is 0.0697. The maximum atomic E-state index is 11.0. The Hall–Kier alpha value is -1.000. The number of nitrogens with zero attached hydrogens (tertiary/aromatic N) is 1. The minimum absolute atomic E-state index is 0.0329. The highest BCUT2D eigenvalue weighted by Gasteiger charge is 2.17. The fourth-order valence-electron chi connectivity index (χ4n) is 1.50. The molecule has 98 valence electrons. The molecule has 0 amide bonds. The predicted molar refractivity (Wildman–Crippen MR) is 76.7 cm³/mol. The third-order valence-corrected chi connectivity index (χ3v) is 3.81. The zero-order valence-corrected chi connectivity index (χ0v) is 12.1. The maximum absolute atomic E-state index is 11.0. The Morgan fingerprint density at radius 1 is 1.05 bits per heavy atom. The summed E-state index contributed by atoms with van der Waals surface area (Å²) >= 11 is 23.8. The Bertz CT molecular complexity index is 673. The van der Waals surface area contributed by atoms with Gasteiger partial charge >= 0.3 is 5.97 Å². The number of aromatic carboxylic acids is 1. The molecule has 0 aliphatic heterocycles. The molecule has 0 saturated heterocycles. The number of carbonyl (C=O) groups is 1. The SMILES string of the molecule is O=C(O)c1cc(-c2c(Cl)ccc(Cl)c2Cl)ncc1Cl. The van der Waals surface area contributed by atoms with Gasteiger partial charge in [-0.25, -0.2) is 4.79 Å². The highest BCUT2D eigenvalue weighted by molar-refractivity contribution is 6.46. The van der Waals surface area contributed by atoms with Crippen molar-refractivity contribution in [3.63, 3.8) is 0 Å². The molecule has 0 radical (unpaired) electrons. The first-order valence-electron chi connectivity index (χ1n) is 4.94. The van der Waals surface area contributed by atoms with E-state index in [0.29, 0.717) is 21.3 Å². The lowest BCUT2D eigenvalue weighted by Gasteiger charge is -2.09. The van der Waals surface area contributed by atoms with Crippen molar-refractivity contribution in [3.05, 3.63) is 50.0 Å². The molecule has 0 spiro atoms. The molecule has 0 aliphatic rings. The zero-order valence-electron chi connectivity index (χ0n) is 9.12.